The number of nitrogens with one attached hydrogen (secondary N) is 1. The molecule has 0 aromatic carbocycles. The zero-order valence-corrected chi connectivity index (χ0v) is 10.3. The zero-order chi connectivity index (χ0) is 12.5. The van der Waals surface area contributed by atoms with Crippen molar-refractivity contribution < 1.29 is 13.9 Å². The summed E-state index contributed by atoms with van der Waals surface area (Å²) < 4.78 is 10.3. The molecule has 1 aromatic heterocycles. The summed E-state index contributed by atoms with van der Waals surface area (Å²) in [5.41, 5.74) is -0.459. The summed E-state index contributed by atoms with van der Waals surface area (Å²) in [6.45, 7) is 5.53. The minimum absolute atomic E-state index is 0.141. The predicted octanol–water partition coefficient (Wildman–Crippen LogP) is 1.84. The Labute approximate surface area is 99.7 Å². The third kappa shape index (κ3) is 3.18. The molecule has 94 valence electrons. The Morgan fingerprint density at radius 2 is 2.24 bits per heavy atom. The van der Waals surface area contributed by atoms with E-state index in [9.17, 15) is 4.79 Å². The van der Waals surface area contributed by atoms with E-state index < -0.39 is 5.60 Å². The highest BCUT2D eigenvalue weighted by Gasteiger charge is 2.35. The van der Waals surface area contributed by atoms with Crippen LogP contribution in [-0.2, 0) is 4.74 Å². The number of rotatable bonds is 2. The SMILES string of the molecule is CC(C)(C)OC(=O)NC1CC(c2nnco2)C1. The van der Waals surface area contributed by atoms with E-state index in [0.717, 1.165) is 12.8 Å². The van der Waals surface area contributed by atoms with Crippen molar-refractivity contribution in [3.05, 3.63) is 12.3 Å². The van der Waals surface area contributed by atoms with Crippen LogP contribution in [0.4, 0.5) is 4.79 Å². The first-order valence-electron chi connectivity index (χ1n) is 5.69. The van der Waals surface area contributed by atoms with E-state index in [4.69, 9.17) is 9.15 Å². The third-order valence-corrected chi connectivity index (χ3v) is 2.59. The van der Waals surface area contributed by atoms with Gasteiger partial charge in [-0.15, -0.1) is 10.2 Å². The maximum absolute atomic E-state index is 11.5. The molecule has 6 heteroatoms. The first kappa shape index (κ1) is 11.9. The molecule has 0 radical (unpaired) electrons. The second kappa shape index (κ2) is 4.35. The first-order valence-corrected chi connectivity index (χ1v) is 5.69. The van der Waals surface area contributed by atoms with Gasteiger partial charge in [-0.3, -0.25) is 0 Å². The number of ether oxygens (including phenoxy) is 1. The molecule has 6 nitrogen and oxygen atoms in total. The Balaban J connectivity index is 1.72. The van der Waals surface area contributed by atoms with E-state index in [-0.39, 0.29) is 18.1 Å². The fourth-order valence-electron chi connectivity index (χ4n) is 1.77. The molecule has 0 spiro atoms. The Hall–Kier alpha value is -1.59. The van der Waals surface area contributed by atoms with Gasteiger partial charge in [-0.2, -0.15) is 0 Å². The van der Waals surface area contributed by atoms with Gasteiger partial charge in [0.2, 0.25) is 12.3 Å². The lowest BCUT2D eigenvalue weighted by Gasteiger charge is -2.33. The molecule has 0 saturated heterocycles. The van der Waals surface area contributed by atoms with Crippen LogP contribution in [0.3, 0.4) is 0 Å². The molecule has 1 aromatic rings. The molecule has 1 aliphatic rings. The molecule has 1 heterocycles. The Kier molecular flexibility index (Phi) is 3.04. The highest BCUT2D eigenvalue weighted by atomic mass is 16.6. The van der Waals surface area contributed by atoms with Gasteiger partial charge in [0.05, 0.1) is 0 Å². The van der Waals surface area contributed by atoms with Crippen molar-refractivity contribution in [2.75, 3.05) is 0 Å². The molecule has 2 rings (SSSR count). The van der Waals surface area contributed by atoms with Crippen LogP contribution in [0.15, 0.2) is 10.8 Å². The van der Waals surface area contributed by atoms with Crippen molar-refractivity contribution in [1.29, 1.82) is 0 Å². The van der Waals surface area contributed by atoms with Crippen LogP contribution in [0.2, 0.25) is 0 Å². The van der Waals surface area contributed by atoms with Gasteiger partial charge in [0.25, 0.3) is 0 Å². The van der Waals surface area contributed by atoms with Crippen LogP contribution in [0, 0.1) is 0 Å². The number of carbonyl (C=O) groups excluding carboxylic acids is 1. The fraction of sp³-hybridized carbons (Fsp3) is 0.727. The van der Waals surface area contributed by atoms with Crippen LogP contribution in [0.25, 0.3) is 0 Å². The van der Waals surface area contributed by atoms with E-state index in [1.807, 2.05) is 20.8 Å². The molecule has 1 amide bonds. The molecule has 1 fully saturated rings. The molecule has 0 unspecified atom stereocenters. The molecule has 0 bridgehead atoms. The molecule has 0 aliphatic heterocycles. The van der Waals surface area contributed by atoms with E-state index in [1.54, 1.807) is 0 Å². The van der Waals surface area contributed by atoms with Gasteiger partial charge in [0, 0.05) is 12.0 Å². The summed E-state index contributed by atoms with van der Waals surface area (Å²) in [5, 5.41) is 10.3. The minimum Gasteiger partial charge on any atom is -0.444 e. The van der Waals surface area contributed by atoms with Gasteiger partial charge in [-0.25, -0.2) is 4.79 Å². The van der Waals surface area contributed by atoms with Crippen LogP contribution < -0.4 is 5.32 Å². The summed E-state index contributed by atoms with van der Waals surface area (Å²) in [4.78, 5) is 11.5. The fourth-order valence-corrected chi connectivity index (χ4v) is 1.77. The lowest BCUT2D eigenvalue weighted by molar-refractivity contribution is 0.0466. The summed E-state index contributed by atoms with van der Waals surface area (Å²) in [6, 6.07) is 0.141. The molecule has 0 atom stereocenters. The van der Waals surface area contributed by atoms with E-state index in [1.165, 1.54) is 6.39 Å². The summed E-state index contributed by atoms with van der Waals surface area (Å²) in [7, 11) is 0. The summed E-state index contributed by atoms with van der Waals surface area (Å²) >= 11 is 0. The Bertz CT molecular complexity index is 377. The third-order valence-electron chi connectivity index (χ3n) is 2.59. The van der Waals surface area contributed by atoms with Gasteiger partial charge in [0.15, 0.2) is 0 Å². The lowest BCUT2D eigenvalue weighted by Crippen LogP contribution is -2.45. The normalized spacial score (nSPS) is 23.9. The lowest BCUT2D eigenvalue weighted by atomic mass is 9.80. The van der Waals surface area contributed by atoms with E-state index >= 15 is 0 Å². The van der Waals surface area contributed by atoms with Crippen molar-refractivity contribution in [1.82, 2.24) is 15.5 Å². The first-order chi connectivity index (χ1) is 7.94. The zero-order valence-electron chi connectivity index (χ0n) is 10.3. The number of alkyl carbamates (subject to hydrolysis) is 1. The average Bonchev–Trinajstić information content (AvgIpc) is 2.59. The van der Waals surface area contributed by atoms with Gasteiger partial charge in [-0.05, 0) is 33.6 Å². The van der Waals surface area contributed by atoms with Gasteiger partial charge in [0.1, 0.15) is 5.60 Å². The number of aromatic nitrogens is 2. The maximum Gasteiger partial charge on any atom is 0.407 e. The molecule has 1 N–H and O–H groups in total. The standard InChI is InChI=1S/C11H17N3O3/c1-11(2,3)17-10(15)13-8-4-7(5-8)9-14-12-6-16-9/h6-8H,4-5H2,1-3H3,(H,13,15). The highest BCUT2D eigenvalue weighted by molar-refractivity contribution is 5.68. The maximum atomic E-state index is 11.5. The van der Waals surface area contributed by atoms with Crippen molar-refractivity contribution in [2.24, 2.45) is 0 Å². The largest absolute Gasteiger partial charge is 0.444 e. The van der Waals surface area contributed by atoms with Crippen LogP contribution >= 0.6 is 0 Å². The number of hydrogen-bond acceptors (Lipinski definition) is 5. The summed E-state index contributed by atoms with van der Waals surface area (Å²) in [6.07, 6.45) is 2.60. The van der Waals surface area contributed by atoms with E-state index in [2.05, 4.69) is 15.5 Å². The highest BCUT2D eigenvalue weighted by Crippen LogP contribution is 2.35. The monoisotopic (exact) mass is 239 g/mol. The second-order valence-corrected chi connectivity index (χ2v) is 5.29. The van der Waals surface area contributed by atoms with Crippen molar-refractivity contribution in [3.8, 4) is 0 Å². The van der Waals surface area contributed by atoms with Crippen molar-refractivity contribution >= 4 is 6.09 Å². The molecule has 1 saturated carbocycles. The molecule has 1 aliphatic carbocycles. The van der Waals surface area contributed by atoms with E-state index in [0.29, 0.717) is 5.89 Å². The van der Waals surface area contributed by atoms with Gasteiger partial charge >= 0.3 is 6.09 Å². The van der Waals surface area contributed by atoms with Crippen molar-refractivity contribution in [3.63, 3.8) is 0 Å². The van der Waals surface area contributed by atoms with Crippen molar-refractivity contribution in [2.45, 2.75) is 51.2 Å². The Morgan fingerprint density at radius 1 is 1.53 bits per heavy atom. The smallest absolute Gasteiger partial charge is 0.407 e. The number of nitrogens with zero attached hydrogens (tertiary/aromatic N) is 2. The molecular weight excluding hydrogens is 222 g/mol. The van der Waals surface area contributed by atoms with Crippen LogP contribution in [-0.4, -0.2) is 27.9 Å². The number of amides is 1. The van der Waals surface area contributed by atoms with Crippen LogP contribution in [0.5, 0.6) is 0 Å². The number of hydrogen-bond donors (Lipinski definition) is 1. The number of carbonyl (C=O) groups is 1. The molecular formula is C11H17N3O3. The average molecular weight is 239 g/mol. The van der Waals surface area contributed by atoms with Gasteiger partial charge in [-0.1, -0.05) is 0 Å². The quantitative estimate of drug-likeness (QED) is 0.852. The second-order valence-electron chi connectivity index (χ2n) is 5.29. The van der Waals surface area contributed by atoms with Gasteiger partial charge < -0.3 is 14.5 Å². The molecule has 17 heavy (non-hydrogen) atoms. The summed E-state index contributed by atoms with van der Waals surface area (Å²) in [5.74, 6) is 0.907. The predicted molar refractivity (Wildman–Crippen MR) is 59.4 cm³/mol. The minimum atomic E-state index is -0.459. The topological polar surface area (TPSA) is 77.2 Å². The Morgan fingerprint density at radius 3 is 2.76 bits per heavy atom. The van der Waals surface area contributed by atoms with Crippen LogP contribution in [0.1, 0.15) is 45.4 Å².